The number of imide groups is 1. The second kappa shape index (κ2) is 3.75. The van der Waals surface area contributed by atoms with Crippen LogP contribution in [0.5, 0.6) is 0 Å². The zero-order chi connectivity index (χ0) is 12.0. The molecule has 0 saturated carbocycles. The van der Waals surface area contributed by atoms with Gasteiger partial charge in [-0.15, -0.1) is 0 Å². The van der Waals surface area contributed by atoms with Crippen LogP contribution in [0, 0.1) is 0 Å². The van der Waals surface area contributed by atoms with Crippen molar-refractivity contribution in [3.8, 4) is 0 Å². The number of benzene rings is 1. The summed E-state index contributed by atoms with van der Waals surface area (Å²) < 4.78 is 4.84. The summed E-state index contributed by atoms with van der Waals surface area (Å²) in [6.07, 6.45) is 0. The number of carbonyl (C=O) groups is 2. The minimum Gasteiger partial charge on any atom is -0.268 e. The lowest BCUT2D eigenvalue weighted by molar-refractivity contribution is 0.0925. The third kappa shape index (κ3) is 1.52. The summed E-state index contributed by atoms with van der Waals surface area (Å²) in [5.74, 6) is -0.264. The molecule has 0 spiro atoms. The van der Waals surface area contributed by atoms with Gasteiger partial charge in [0.25, 0.3) is 11.8 Å². The second-order valence-corrected chi connectivity index (χ2v) is 5.66. The molecule has 2 aromatic rings. The van der Waals surface area contributed by atoms with E-state index in [0.29, 0.717) is 16.9 Å². The van der Waals surface area contributed by atoms with Gasteiger partial charge in [0, 0.05) is 6.07 Å². The Labute approximate surface area is 109 Å². The number of amides is 2. The molecule has 1 aromatic heterocycles. The predicted octanol–water partition coefficient (Wildman–Crippen LogP) is 2.71. The lowest BCUT2D eigenvalue weighted by Crippen LogP contribution is -2.29. The highest BCUT2D eigenvalue weighted by Gasteiger charge is 2.37. The number of rotatable bonds is 1. The molecule has 0 radical (unpaired) electrons. The van der Waals surface area contributed by atoms with Crippen LogP contribution in [0.15, 0.2) is 34.1 Å². The Morgan fingerprint density at radius 2 is 1.71 bits per heavy atom. The van der Waals surface area contributed by atoms with Gasteiger partial charge in [0.1, 0.15) is 0 Å². The molecule has 0 saturated heterocycles. The van der Waals surface area contributed by atoms with Crippen molar-refractivity contribution in [2.75, 3.05) is 4.90 Å². The van der Waals surface area contributed by atoms with Crippen LogP contribution in [0.25, 0.3) is 0 Å². The second-order valence-electron chi connectivity index (χ2n) is 3.48. The number of anilines is 1. The highest BCUT2D eigenvalue weighted by Crippen LogP contribution is 2.30. The van der Waals surface area contributed by atoms with Crippen LogP contribution in [-0.2, 0) is 0 Å². The van der Waals surface area contributed by atoms with E-state index in [1.807, 2.05) is 0 Å². The van der Waals surface area contributed by atoms with Crippen molar-refractivity contribution in [1.29, 1.82) is 0 Å². The van der Waals surface area contributed by atoms with E-state index < -0.39 is 0 Å². The first-order valence-electron chi connectivity index (χ1n) is 4.78. The Morgan fingerprint density at radius 1 is 1.12 bits per heavy atom. The number of halogens is 1. The average Bonchev–Trinajstić information content (AvgIpc) is 2.84. The van der Waals surface area contributed by atoms with Crippen molar-refractivity contribution >= 4 is 45.1 Å². The zero-order valence-corrected chi connectivity index (χ0v) is 10.8. The quantitative estimate of drug-likeness (QED) is 0.761. The molecule has 2 heterocycles. The van der Waals surface area contributed by atoms with E-state index in [9.17, 15) is 9.59 Å². The van der Waals surface area contributed by atoms with Crippen molar-refractivity contribution in [3.05, 3.63) is 45.2 Å². The van der Waals surface area contributed by atoms with Crippen LogP contribution < -0.4 is 4.90 Å². The van der Waals surface area contributed by atoms with E-state index in [-0.39, 0.29) is 11.8 Å². The maximum absolute atomic E-state index is 12.1. The van der Waals surface area contributed by atoms with Gasteiger partial charge >= 0.3 is 0 Å². The van der Waals surface area contributed by atoms with E-state index >= 15 is 0 Å². The molecule has 0 fully saturated rings. The fourth-order valence-electron chi connectivity index (χ4n) is 1.75. The van der Waals surface area contributed by atoms with Crippen LogP contribution in [0.1, 0.15) is 20.7 Å². The highest BCUT2D eigenvalue weighted by molar-refractivity contribution is 9.11. The zero-order valence-electron chi connectivity index (χ0n) is 8.38. The molecule has 0 aliphatic carbocycles. The molecule has 3 rings (SSSR count). The van der Waals surface area contributed by atoms with Gasteiger partial charge in [-0.05, 0) is 39.6 Å². The molecule has 0 unspecified atom stereocenters. The van der Waals surface area contributed by atoms with E-state index in [2.05, 4.69) is 20.3 Å². The molecule has 0 atom stereocenters. The van der Waals surface area contributed by atoms with Gasteiger partial charge in [-0.25, -0.2) is 4.90 Å². The van der Waals surface area contributed by atoms with Crippen molar-refractivity contribution in [3.63, 3.8) is 0 Å². The topological polar surface area (TPSA) is 50.3 Å². The summed E-state index contributed by atoms with van der Waals surface area (Å²) >= 11 is 4.46. The summed E-state index contributed by atoms with van der Waals surface area (Å²) in [6.45, 7) is 0. The Hall–Kier alpha value is -1.53. The van der Waals surface area contributed by atoms with Gasteiger partial charge in [-0.1, -0.05) is 12.1 Å². The van der Waals surface area contributed by atoms with Crippen LogP contribution >= 0.6 is 27.5 Å². The fraction of sp³-hybridized carbons (Fsp3) is 0. The third-order valence-electron chi connectivity index (χ3n) is 2.49. The van der Waals surface area contributed by atoms with Crippen molar-refractivity contribution in [2.24, 2.45) is 0 Å². The first kappa shape index (κ1) is 10.6. The van der Waals surface area contributed by atoms with Gasteiger partial charge < -0.3 is 0 Å². The third-order valence-corrected chi connectivity index (χ3v) is 3.73. The van der Waals surface area contributed by atoms with E-state index in [1.54, 1.807) is 30.3 Å². The van der Waals surface area contributed by atoms with Gasteiger partial charge in [-0.2, -0.15) is 4.37 Å². The predicted molar refractivity (Wildman–Crippen MR) is 67.4 cm³/mol. The molecule has 1 aliphatic heterocycles. The Morgan fingerprint density at radius 3 is 2.18 bits per heavy atom. The Kier molecular flexibility index (Phi) is 2.34. The van der Waals surface area contributed by atoms with Gasteiger partial charge in [0.15, 0.2) is 5.82 Å². The van der Waals surface area contributed by atoms with Crippen LogP contribution in [0.2, 0.25) is 0 Å². The van der Waals surface area contributed by atoms with Gasteiger partial charge in [0.05, 0.1) is 14.9 Å². The van der Waals surface area contributed by atoms with Gasteiger partial charge in [-0.3, -0.25) is 9.59 Å². The molecule has 1 aromatic carbocycles. The lowest BCUT2D eigenvalue weighted by Gasteiger charge is -2.08. The Bertz CT molecular complexity index is 603. The minimum absolute atomic E-state index is 0.316. The van der Waals surface area contributed by atoms with Crippen molar-refractivity contribution in [2.45, 2.75) is 0 Å². The first-order chi connectivity index (χ1) is 8.18. The smallest absolute Gasteiger partial charge is 0.267 e. The number of aromatic nitrogens is 1. The highest BCUT2D eigenvalue weighted by atomic mass is 79.9. The normalized spacial score (nSPS) is 14.3. The number of hydrogen-bond acceptors (Lipinski definition) is 4. The molecule has 1 aliphatic rings. The van der Waals surface area contributed by atoms with Gasteiger partial charge in [0.2, 0.25) is 0 Å². The number of hydrogen-bond donors (Lipinski definition) is 0. The summed E-state index contributed by atoms with van der Waals surface area (Å²) in [5.41, 5.74) is 0.864. The molecule has 17 heavy (non-hydrogen) atoms. The summed E-state index contributed by atoms with van der Waals surface area (Å²) in [6, 6.07) is 8.44. The summed E-state index contributed by atoms with van der Waals surface area (Å²) in [7, 11) is 0. The molecule has 4 nitrogen and oxygen atoms in total. The minimum atomic E-state index is -0.316. The van der Waals surface area contributed by atoms with Crippen molar-refractivity contribution < 1.29 is 9.59 Å². The van der Waals surface area contributed by atoms with Crippen LogP contribution in [0.4, 0.5) is 5.82 Å². The molecule has 0 bridgehead atoms. The maximum Gasteiger partial charge on any atom is 0.267 e. The molecule has 0 N–H and O–H groups in total. The first-order valence-corrected chi connectivity index (χ1v) is 6.35. The standard InChI is InChI=1S/C11H5BrN2O2S/c12-8-5-9(13-17-8)14-10(15)6-3-1-2-4-7(6)11(14)16/h1-5H. The monoisotopic (exact) mass is 308 g/mol. The molecular weight excluding hydrogens is 304 g/mol. The molecule has 2 amide bonds. The van der Waals surface area contributed by atoms with E-state index in [1.165, 1.54) is 11.5 Å². The van der Waals surface area contributed by atoms with Crippen LogP contribution in [-0.4, -0.2) is 16.2 Å². The van der Waals surface area contributed by atoms with E-state index in [4.69, 9.17) is 0 Å². The summed E-state index contributed by atoms with van der Waals surface area (Å²) in [4.78, 5) is 25.2. The van der Waals surface area contributed by atoms with E-state index in [0.717, 1.165) is 8.69 Å². The number of fused-ring (bicyclic) bond motifs is 1. The fourth-order valence-corrected chi connectivity index (χ4v) is 2.64. The Balaban J connectivity index is 2.12. The summed E-state index contributed by atoms with van der Waals surface area (Å²) in [5, 5.41) is 0. The number of carbonyl (C=O) groups excluding carboxylic acids is 2. The van der Waals surface area contributed by atoms with Crippen molar-refractivity contribution in [1.82, 2.24) is 4.37 Å². The maximum atomic E-state index is 12.1. The molecule has 6 heteroatoms. The molecule has 84 valence electrons. The largest absolute Gasteiger partial charge is 0.268 e. The average molecular weight is 309 g/mol. The molecular formula is C11H5BrN2O2S. The lowest BCUT2D eigenvalue weighted by atomic mass is 10.1. The SMILES string of the molecule is O=C1c2ccccc2C(=O)N1c1cc(Br)sn1. The van der Waals surface area contributed by atoms with Crippen LogP contribution in [0.3, 0.4) is 0 Å². The number of nitrogens with zero attached hydrogens (tertiary/aromatic N) is 2.